The van der Waals surface area contributed by atoms with Gasteiger partial charge in [-0.25, -0.2) is 8.42 Å². The molecule has 0 fully saturated rings. The summed E-state index contributed by atoms with van der Waals surface area (Å²) in [5.41, 5.74) is 3.09. The van der Waals surface area contributed by atoms with Crippen LogP contribution in [0.2, 0.25) is 0 Å². The Morgan fingerprint density at radius 2 is 1.43 bits per heavy atom. The van der Waals surface area contributed by atoms with E-state index in [0.717, 1.165) is 11.1 Å². The van der Waals surface area contributed by atoms with Crippen LogP contribution in [0.25, 0.3) is 0 Å². The first-order valence-electron chi connectivity index (χ1n) is 9.82. The number of carbonyl (C=O) groups excluding carboxylic acids is 1. The minimum absolute atomic E-state index is 0.116. The Morgan fingerprint density at radius 1 is 0.833 bits per heavy atom. The summed E-state index contributed by atoms with van der Waals surface area (Å²) in [7, 11) is -3.67. The lowest BCUT2D eigenvalue weighted by atomic mass is 9.92. The van der Waals surface area contributed by atoms with Crippen molar-refractivity contribution in [2.24, 2.45) is 5.92 Å². The second kappa shape index (κ2) is 9.13. The van der Waals surface area contributed by atoms with Crippen molar-refractivity contribution in [1.29, 1.82) is 0 Å². The van der Waals surface area contributed by atoms with Crippen LogP contribution in [0.1, 0.15) is 41.4 Å². The maximum atomic E-state index is 12.8. The molecule has 1 atom stereocenters. The number of sulfonamides is 1. The molecule has 0 aliphatic heterocycles. The quantitative estimate of drug-likeness (QED) is 0.567. The highest BCUT2D eigenvalue weighted by atomic mass is 32.2. The minimum Gasteiger partial charge on any atom is -0.345 e. The van der Waals surface area contributed by atoms with Gasteiger partial charge in [0.25, 0.3) is 15.9 Å². The van der Waals surface area contributed by atoms with Gasteiger partial charge in [-0.05, 0) is 60.4 Å². The largest absolute Gasteiger partial charge is 0.345 e. The van der Waals surface area contributed by atoms with E-state index >= 15 is 0 Å². The molecule has 5 nitrogen and oxygen atoms in total. The first-order valence-corrected chi connectivity index (χ1v) is 11.3. The van der Waals surface area contributed by atoms with Crippen LogP contribution in [0.3, 0.4) is 0 Å². The molecule has 1 amide bonds. The highest BCUT2D eigenvalue weighted by molar-refractivity contribution is 7.92. The van der Waals surface area contributed by atoms with Crippen molar-refractivity contribution in [3.05, 3.63) is 95.6 Å². The van der Waals surface area contributed by atoms with Crippen molar-refractivity contribution in [1.82, 2.24) is 5.32 Å². The Labute approximate surface area is 178 Å². The molecule has 0 saturated heterocycles. The Balaban J connectivity index is 1.74. The lowest BCUT2D eigenvalue weighted by Gasteiger charge is -2.24. The molecule has 3 aromatic carbocycles. The molecular formula is C24H26N2O3S. The lowest BCUT2D eigenvalue weighted by molar-refractivity contribution is 0.0925. The third-order valence-corrected chi connectivity index (χ3v) is 6.33. The third-order valence-electron chi connectivity index (χ3n) is 4.93. The number of carbonyl (C=O) groups is 1. The van der Waals surface area contributed by atoms with Crippen LogP contribution in [-0.4, -0.2) is 14.3 Å². The van der Waals surface area contributed by atoms with Crippen LogP contribution < -0.4 is 10.0 Å². The molecule has 30 heavy (non-hydrogen) atoms. The van der Waals surface area contributed by atoms with Crippen molar-refractivity contribution < 1.29 is 13.2 Å². The average molecular weight is 423 g/mol. The van der Waals surface area contributed by atoms with Gasteiger partial charge in [-0.2, -0.15) is 0 Å². The van der Waals surface area contributed by atoms with Crippen LogP contribution in [-0.2, 0) is 10.0 Å². The number of hydrogen-bond donors (Lipinski definition) is 2. The van der Waals surface area contributed by atoms with E-state index in [-0.39, 0.29) is 22.8 Å². The summed E-state index contributed by atoms with van der Waals surface area (Å²) in [6, 6.07) is 22.5. The third kappa shape index (κ3) is 5.07. The minimum atomic E-state index is -3.67. The van der Waals surface area contributed by atoms with Gasteiger partial charge in [0.05, 0.1) is 10.9 Å². The molecule has 6 heteroatoms. The number of anilines is 1. The Hall–Kier alpha value is -3.12. The number of aryl methyl sites for hydroxylation is 1. The Morgan fingerprint density at radius 3 is 2.03 bits per heavy atom. The fourth-order valence-electron chi connectivity index (χ4n) is 3.27. The van der Waals surface area contributed by atoms with Gasteiger partial charge in [0.15, 0.2) is 0 Å². The first kappa shape index (κ1) is 21.6. The van der Waals surface area contributed by atoms with E-state index in [0.29, 0.717) is 11.3 Å². The van der Waals surface area contributed by atoms with Crippen LogP contribution in [0.5, 0.6) is 0 Å². The second-order valence-electron chi connectivity index (χ2n) is 7.55. The molecule has 0 saturated carbocycles. The van der Waals surface area contributed by atoms with Crippen LogP contribution in [0, 0.1) is 12.8 Å². The smallest absolute Gasteiger partial charge is 0.261 e. The molecule has 0 aliphatic carbocycles. The molecule has 156 valence electrons. The molecule has 0 radical (unpaired) electrons. The van der Waals surface area contributed by atoms with Gasteiger partial charge in [0.2, 0.25) is 0 Å². The molecule has 0 aliphatic rings. The van der Waals surface area contributed by atoms with Crippen molar-refractivity contribution >= 4 is 21.6 Å². The molecule has 0 heterocycles. The normalized spacial score (nSPS) is 12.4. The zero-order valence-corrected chi connectivity index (χ0v) is 18.1. The van der Waals surface area contributed by atoms with Crippen LogP contribution in [0.15, 0.2) is 83.8 Å². The van der Waals surface area contributed by atoms with Gasteiger partial charge >= 0.3 is 0 Å². The monoisotopic (exact) mass is 422 g/mol. The van der Waals surface area contributed by atoms with E-state index in [1.807, 2.05) is 31.2 Å². The van der Waals surface area contributed by atoms with Gasteiger partial charge in [-0.15, -0.1) is 0 Å². The SMILES string of the molecule is Cc1ccccc1[C@H](NC(=O)c1ccc(NS(=O)(=O)c2ccccc2)cc1)C(C)C. The summed E-state index contributed by atoms with van der Waals surface area (Å²) >= 11 is 0. The fraction of sp³-hybridized carbons (Fsp3) is 0.208. The Kier molecular flexibility index (Phi) is 6.57. The standard InChI is InChI=1S/C24H26N2O3S/c1-17(2)23(22-12-8-7-9-18(22)3)25-24(27)19-13-15-20(16-14-19)26-30(28,29)21-10-5-4-6-11-21/h4-17,23,26H,1-3H3,(H,25,27)/t23-/m1/s1. The predicted octanol–water partition coefficient (Wildman–Crippen LogP) is 4.92. The highest BCUT2D eigenvalue weighted by Gasteiger charge is 2.21. The maximum absolute atomic E-state index is 12.8. The van der Waals surface area contributed by atoms with Gasteiger partial charge in [0, 0.05) is 11.3 Å². The molecular weight excluding hydrogens is 396 g/mol. The van der Waals surface area contributed by atoms with E-state index in [1.54, 1.807) is 42.5 Å². The molecule has 0 aromatic heterocycles. The second-order valence-corrected chi connectivity index (χ2v) is 9.23. The van der Waals surface area contributed by atoms with Crippen LogP contribution >= 0.6 is 0 Å². The number of rotatable bonds is 7. The van der Waals surface area contributed by atoms with Gasteiger partial charge in [0.1, 0.15) is 0 Å². The summed E-state index contributed by atoms with van der Waals surface area (Å²) in [4.78, 5) is 13.0. The zero-order chi connectivity index (χ0) is 21.7. The topological polar surface area (TPSA) is 75.3 Å². The van der Waals surface area contributed by atoms with Crippen molar-refractivity contribution in [3.8, 4) is 0 Å². The maximum Gasteiger partial charge on any atom is 0.261 e. The Bertz CT molecular complexity index is 1110. The van der Waals surface area contributed by atoms with Crippen LogP contribution in [0.4, 0.5) is 5.69 Å². The highest BCUT2D eigenvalue weighted by Crippen LogP contribution is 2.25. The summed E-state index contributed by atoms with van der Waals surface area (Å²) in [5, 5.41) is 3.11. The molecule has 0 unspecified atom stereocenters. The van der Waals surface area contributed by atoms with E-state index in [1.165, 1.54) is 12.1 Å². The number of amides is 1. The average Bonchev–Trinajstić information content (AvgIpc) is 2.73. The summed E-state index contributed by atoms with van der Waals surface area (Å²) in [6.07, 6.45) is 0. The van der Waals surface area contributed by atoms with E-state index in [2.05, 4.69) is 23.9 Å². The summed E-state index contributed by atoms with van der Waals surface area (Å²) < 4.78 is 27.4. The van der Waals surface area contributed by atoms with Crippen molar-refractivity contribution in [3.63, 3.8) is 0 Å². The van der Waals surface area contributed by atoms with Crippen molar-refractivity contribution in [2.75, 3.05) is 4.72 Å². The molecule has 0 bridgehead atoms. The zero-order valence-electron chi connectivity index (χ0n) is 17.3. The van der Waals surface area contributed by atoms with Gasteiger partial charge in [-0.1, -0.05) is 56.3 Å². The number of benzene rings is 3. The summed E-state index contributed by atoms with van der Waals surface area (Å²) in [6.45, 7) is 6.17. The van der Waals surface area contributed by atoms with Crippen molar-refractivity contribution in [2.45, 2.75) is 31.7 Å². The molecule has 0 spiro atoms. The van der Waals surface area contributed by atoms with E-state index in [4.69, 9.17) is 0 Å². The first-order chi connectivity index (χ1) is 14.3. The number of hydrogen-bond acceptors (Lipinski definition) is 3. The molecule has 3 aromatic rings. The van der Waals surface area contributed by atoms with Gasteiger partial charge < -0.3 is 5.32 Å². The lowest BCUT2D eigenvalue weighted by Crippen LogP contribution is -2.32. The fourth-order valence-corrected chi connectivity index (χ4v) is 4.35. The van der Waals surface area contributed by atoms with E-state index in [9.17, 15) is 13.2 Å². The summed E-state index contributed by atoms with van der Waals surface area (Å²) in [5.74, 6) is 0.0152. The van der Waals surface area contributed by atoms with E-state index < -0.39 is 10.0 Å². The van der Waals surface area contributed by atoms with Gasteiger partial charge in [-0.3, -0.25) is 9.52 Å². The predicted molar refractivity (Wildman–Crippen MR) is 120 cm³/mol. The molecule has 2 N–H and O–H groups in total. The number of nitrogens with one attached hydrogen (secondary N) is 2. The molecule has 3 rings (SSSR count).